The Morgan fingerprint density at radius 1 is 1.19 bits per heavy atom. The summed E-state index contributed by atoms with van der Waals surface area (Å²) in [7, 11) is 3.84. The SMILES string of the molecule is CN(C)C[C@H]1CCC(=O)N1c1cc(F)ccc1CNC(=O)c1nc2n(c(=O)c1OCc1ccccc1)CCOC2(C)C. The molecule has 0 bridgehead atoms. The normalized spacial score (nSPS) is 17.8. The van der Waals surface area contributed by atoms with Crippen LogP contribution >= 0.6 is 0 Å². The summed E-state index contributed by atoms with van der Waals surface area (Å²) in [5.74, 6) is -1.03. The first-order valence-electron chi connectivity index (χ1n) is 14.0. The summed E-state index contributed by atoms with van der Waals surface area (Å²) < 4.78 is 27.7. The zero-order valence-electron chi connectivity index (χ0n) is 24.4. The Hall–Kier alpha value is -4.09. The van der Waals surface area contributed by atoms with Gasteiger partial charge < -0.3 is 24.6 Å². The Labute approximate surface area is 244 Å². The van der Waals surface area contributed by atoms with Crippen LogP contribution in [-0.2, 0) is 34.8 Å². The van der Waals surface area contributed by atoms with E-state index in [1.54, 1.807) is 24.8 Å². The number of aromatic nitrogens is 2. The Morgan fingerprint density at radius 3 is 2.69 bits per heavy atom. The minimum absolute atomic E-state index is 0.0228. The number of likely N-dealkylation sites (N-methyl/N-ethyl adjacent to an activating group) is 1. The van der Waals surface area contributed by atoms with E-state index in [1.807, 2.05) is 49.3 Å². The van der Waals surface area contributed by atoms with Gasteiger partial charge in [-0.2, -0.15) is 0 Å². The second-order valence-electron chi connectivity index (χ2n) is 11.4. The molecule has 1 atom stereocenters. The molecule has 2 aromatic carbocycles. The standard InChI is InChI=1S/C31H36FN5O5/c1-31(2)30-34-26(27(29(40)36(30)14-15-42-31)41-19-20-8-6-5-7-9-20)28(39)33-17-21-10-11-22(32)16-24(21)37-23(18-35(3)4)12-13-25(37)38/h5-11,16,23H,12-15,17-19H2,1-4H3,(H,33,39)/t23-/m1/s1. The molecule has 0 spiro atoms. The molecule has 1 saturated heterocycles. The molecule has 0 saturated carbocycles. The van der Waals surface area contributed by atoms with Crippen LogP contribution in [0.4, 0.5) is 10.1 Å². The topological polar surface area (TPSA) is 106 Å². The number of amides is 2. The number of hydrogen-bond acceptors (Lipinski definition) is 7. The average Bonchev–Trinajstić information content (AvgIpc) is 3.30. The fraction of sp³-hybridized carbons (Fsp3) is 0.419. The summed E-state index contributed by atoms with van der Waals surface area (Å²) in [6.07, 6.45) is 1.02. The minimum atomic E-state index is -0.897. The molecule has 222 valence electrons. The predicted octanol–water partition coefficient (Wildman–Crippen LogP) is 3.21. The van der Waals surface area contributed by atoms with Crippen molar-refractivity contribution in [2.45, 2.75) is 58.0 Å². The molecular formula is C31H36FN5O5. The largest absolute Gasteiger partial charge is 0.481 e. The van der Waals surface area contributed by atoms with Crippen LogP contribution in [0.15, 0.2) is 53.3 Å². The Morgan fingerprint density at radius 2 is 1.95 bits per heavy atom. The van der Waals surface area contributed by atoms with E-state index < -0.39 is 22.9 Å². The van der Waals surface area contributed by atoms with Gasteiger partial charge in [-0.15, -0.1) is 0 Å². The number of anilines is 1. The van der Waals surface area contributed by atoms with Gasteiger partial charge in [0.05, 0.1) is 24.9 Å². The molecule has 11 heteroatoms. The molecule has 0 radical (unpaired) electrons. The van der Waals surface area contributed by atoms with E-state index >= 15 is 0 Å². The third kappa shape index (κ3) is 6.07. The monoisotopic (exact) mass is 577 g/mol. The van der Waals surface area contributed by atoms with E-state index in [-0.39, 0.29) is 43.1 Å². The Bertz CT molecular complexity index is 1540. The van der Waals surface area contributed by atoms with Crippen molar-refractivity contribution in [1.29, 1.82) is 0 Å². The number of nitrogens with zero attached hydrogens (tertiary/aromatic N) is 4. The molecule has 2 aliphatic rings. The highest BCUT2D eigenvalue weighted by atomic mass is 19.1. The fourth-order valence-electron chi connectivity index (χ4n) is 5.51. The molecule has 3 heterocycles. The maximum atomic E-state index is 14.4. The zero-order valence-corrected chi connectivity index (χ0v) is 24.4. The molecule has 3 aromatic rings. The highest BCUT2D eigenvalue weighted by Gasteiger charge is 2.36. The number of fused-ring (bicyclic) bond motifs is 1. The lowest BCUT2D eigenvalue weighted by Gasteiger charge is -2.33. The molecule has 1 N–H and O–H groups in total. The first-order valence-corrected chi connectivity index (χ1v) is 14.0. The lowest BCUT2D eigenvalue weighted by molar-refractivity contribution is -0.117. The molecule has 1 fully saturated rings. The summed E-state index contributed by atoms with van der Waals surface area (Å²) in [6.45, 7) is 4.86. The van der Waals surface area contributed by atoms with Crippen molar-refractivity contribution in [3.05, 3.63) is 87.3 Å². The summed E-state index contributed by atoms with van der Waals surface area (Å²) >= 11 is 0. The summed E-state index contributed by atoms with van der Waals surface area (Å²) in [6, 6.07) is 13.4. The van der Waals surface area contributed by atoms with Crippen molar-refractivity contribution >= 4 is 17.5 Å². The smallest absolute Gasteiger partial charge is 0.296 e. The average molecular weight is 578 g/mol. The Kier molecular flexibility index (Phi) is 8.42. The molecule has 42 heavy (non-hydrogen) atoms. The summed E-state index contributed by atoms with van der Waals surface area (Å²) in [5.41, 5.74) is 0.285. The molecule has 10 nitrogen and oxygen atoms in total. The zero-order chi connectivity index (χ0) is 30.0. The second-order valence-corrected chi connectivity index (χ2v) is 11.4. The second kappa shape index (κ2) is 12.0. The molecule has 5 rings (SSSR count). The van der Waals surface area contributed by atoms with Gasteiger partial charge in [-0.05, 0) is 57.6 Å². The van der Waals surface area contributed by atoms with Gasteiger partial charge in [-0.25, -0.2) is 9.37 Å². The van der Waals surface area contributed by atoms with E-state index in [2.05, 4.69) is 10.3 Å². The maximum absolute atomic E-state index is 14.4. The minimum Gasteiger partial charge on any atom is -0.481 e. The van der Waals surface area contributed by atoms with Crippen LogP contribution in [-0.4, -0.2) is 59.6 Å². The number of hydrogen-bond donors (Lipinski definition) is 1. The van der Waals surface area contributed by atoms with Gasteiger partial charge in [0.25, 0.3) is 11.5 Å². The third-order valence-corrected chi connectivity index (χ3v) is 7.53. The molecule has 0 unspecified atom stereocenters. The Balaban J connectivity index is 1.46. The number of ether oxygens (including phenoxy) is 2. The van der Waals surface area contributed by atoms with Crippen LogP contribution < -0.4 is 20.5 Å². The lowest BCUT2D eigenvalue weighted by Crippen LogP contribution is -2.43. The van der Waals surface area contributed by atoms with Crippen LogP contribution in [0.2, 0.25) is 0 Å². The molecule has 2 aliphatic heterocycles. The van der Waals surface area contributed by atoms with Gasteiger partial charge in [0.15, 0.2) is 5.69 Å². The van der Waals surface area contributed by atoms with Crippen molar-refractivity contribution in [2.24, 2.45) is 0 Å². The van der Waals surface area contributed by atoms with Gasteiger partial charge in [0.1, 0.15) is 23.8 Å². The highest BCUT2D eigenvalue weighted by Crippen LogP contribution is 2.32. The first-order chi connectivity index (χ1) is 20.0. The van der Waals surface area contributed by atoms with E-state index in [4.69, 9.17) is 9.47 Å². The molecular weight excluding hydrogens is 541 g/mol. The van der Waals surface area contributed by atoms with Crippen LogP contribution in [0.25, 0.3) is 0 Å². The van der Waals surface area contributed by atoms with Crippen LogP contribution in [0.3, 0.4) is 0 Å². The van der Waals surface area contributed by atoms with Gasteiger partial charge in [-0.1, -0.05) is 36.4 Å². The van der Waals surface area contributed by atoms with Crippen LogP contribution in [0, 0.1) is 5.82 Å². The van der Waals surface area contributed by atoms with Crippen molar-refractivity contribution in [2.75, 3.05) is 32.1 Å². The number of nitrogens with one attached hydrogen (secondary N) is 1. The van der Waals surface area contributed by atoms with Crippen molar-refractivity contribution in [3.63, 3.8) is 0 Å². The predicted molar refractivity (Wildman–Crippen MR) is 155 cm³/mol. The van der Waals surface area contributed by atoms with Gasteiger partial charge in [0.2, 0.25) is 11.7 Å². The van der Waals surface area contributed by atoms with Crippen molar-refractivity contribution in [1.82, 2.24) is 19.8 Å². The van der Waals surface area contributed by atoms with E-state index in [1.165, 1.54) is 16.7 Å². The number of rotatable bonds is 9. The molecule has 0 aliphatic carbocycles. The summed E-state index contributed by atoms with van der Waals surface area (Å²) in [4.78, 5) is 48.4. The van der Waals surface area contributed by atoms with Crippen molar-refractivity contribution < 1.29 is 23.5 Å². The van der Waals surface area contributed by atoms with E-state index in [0.717, 1.165) is 5.56 Å². The number of halogens is 1. The fourth-order valence-corrected chi connectivity index (χ4v) is 5.51. The van der Waals surface area contributed by atoms with Gasteiger partial charge in [0, 0.05) is 19.5 Å². The van der Waals surface area contributed by atoms with Gasteiger partial charge in [-0.3, -0.25) is 19.0 Å². The first kappa shape index (κ1) is 29.4. The quantitative estimate of drug-likeness (QED) is 0.416. The van der Waals surface area contributed by atoms with Gasteiger partial charge >= 0.3 is 0 Å². The number of carbonyl (C=O) groups excluding carboxylic acids is 2. The molecule has 2 amide bonds. The number of benzene rings is 2. The van der Waals surface area contributed by atoms with Crippen molar-refractivity contribution in [3.8, 4) is 5.75 Å². The maximum Gasteiger partial charge on any atom is 0.296 e. The summed E-state index contributed by atoms with van der Waals surface area (Å²) in [5, 5.41) is 2.83. The number of carbonyl (C=O) groups is 2. The van der Waals surface area contributed by atoms with Crippen LogP contribution in [0.5, 0.6) is 5.75 Å². The van der Waals surface area contributed by atoms with Crippen LogP contribution in [0.1, 0.15) is 54.1 Å². The van der Waals surface area contributed by atoms with E-state index in [0.29, 0.717) is 43.1 Å². The highest BCUT2D eigenvalue weighted by molar-refractivity contribution is 5.97. The molecule has 1 aromatic heterocycles. The lowest BCUT2D eigenvalue weighted by atomic mass is 10.1. The van der Waals surface area contributed by atoms with E-state index in [9.17, 15) is 18.8 Å². The third-order valence-electron chi connectivity index (χ3n) is 7.53.